The number of amides is 2. The van der Waals surface area contributed by atoms with Crippen LogP contribution in [-0.2, 0) is 4.79 Å². The van der Waals surface area contributed by atoms with E-state index in [0.29, 0.717) is 17.1 Å². The van der Waals surface area contributed by atoms with E-state index in [4.69, 9.17) is 14.9 Å². The molecule has 0 fully saturated rings. The first kappa shape index (κ1) is 15.6. The van der Waals surface area contributed by atoms with Gasteiger partial charge in [0.1, 0.15) is 5.75 Å². The fraction of sp³-hybridized carbons (Fsp3) is 0.200. The summed E-state index contributed by atoms with van der Waals surface area (Å²) in [6.45, 7) is 0.253. The number of methoxy groups -OCH3 is 1. The summed E-state index contributed by atoms with van der Waals surface area (Å²) in [6, 6.07) is 8.10. The van der Waals surface area contributed by atoms with Crippen molar-refractivity contribution >= 4 is 23.2 Å². The summed E-state index contributed by atoms with van der Waals surface area (Å²) in [5.41, 5.74) is 6.31. The maximum absolute atomic E-state index is 11.9. The van der Waals surface area contributed by atoms with Crippen LogP contribution in [0.15, 0.2) is 41.0 Å². The zero-order chi connectivity index (χ0) is 15.9. The van der Waals surface area contributed by atoms with E-state index >= 15 is 0 Å². The van der Waals surface area contributed by atoms with Crippen molar-refractivity contribution in [3.8, 4) is 5.75 Å². The first-order valence-electron chi connectivity index (χ1n) is 6.67. The Labute approximate surface area is 127 Å². The molecule has 0 aliphatic heterocycles. The number of anilines is 2. The Morgan fingerprint density at radius 2 is 2.09 bits per heavy atom. The standard InChI is InChI=1S/C15H17N3O4/c1-21-12-5-4-10(9-11(12)18-14(19)6-7-16)17-15(20)13-3-2-8-22-13/h2-5,8-9H,6-7,16H2,1H3,(H,17,20)(H,18,19). The summed E-state index contributed by atoms with van der Waals surface area (Å²) in [5, 5.41) is 5.37. The van der Waals surface area contributed by atoms with Gasteiger partial charge >= 0.3 is 0 Å². The molecule has 7 heteroatoms. The van der Waals surface area contributed by atoms with Gasteiger partial charge in [0.2, 0.25) is 5.91 Å². The van der Waals surface area contributed by atoms with Crippen LogP contribution >= 0.6 is 0 Å². The van der Waals surface area contributed by atoms with E-state index in [2.05, 4.69) is 10.6 Å². The quantitative estimate of drug-likeness (QED) is 0.754. The van der Waals surface area contributed by atoms with Crippen LogP contribution in [-0.4, -0.2) is 25.5 Å². The maximum atomic E-state index is 11.9. The Kier molecular flexibility index (Phi) is 5.16. The lowest BCUT2D eigenvalue weighted by Gasteiger charge is -2.12. The lowest BCUT2D eigenvalue weighted by Crippen LogP contribution is -2.17. The Bertz CT molecular complexity index is 653. The molecule has 1 heterocycles. The number of carbonyl (C=O) groups is 2. The molecule has 116 valence electrons. The van der Waals surface area contributed by atoms with Crippen molar-refractivity contribution in [3.05, 3.63) is 42.4 Å². The van der Waals surface area contributed by atoms with Crippen LogP contribution in [0.1, 0.15) is 17.0 Å². The van der Waals surface area contributed by atoms with E-state index in [0.717, 1.165) is 0 Å². The molecule has 0 saturated carbocycles. The molecule has 0 aliphatic carbocycles. The third-order valence-corrected chi connectivity index (χ3v) is 2.85. The van der Waals surface area contributed by atoms with Crippen LogP contribution < -0.4 is 21.1 Å². The van der Waals surface area contributed by atoms with Gasteiger partial charge in [-0.3, -0.25) is 9.59 Å². The van der Waals surface area contributed by atoms with Gasteiger partial charge in [0.25, 0.3) is 5.91 Å². The predicted molar refractivity (Wildman–Crippen MR) is 82.0 cm³/mol. The minimum Gasteiger partial charge on any atom is -0.495 e. The topological polar surface area (TPSA) is 107 Å². The minimum absolute atomic E-state index is 0.199. The Morgan fingerprint density at radius 3 is 2.73 bits per heavy atom. The molecule has 4 N–H and O–H groups in total. The number of hydrogen-bond donors (Lipinski definition) is 3. The predicted octanol–water partition coefficient (Wildman–Crippen LogP) is 1.83. The van der Waals surface area contributed by atoms with Gasteiger partial charge in [-0.2, -0.15) is 0 Å². The SMILES string of the molecule is COc1ccc(NC(=O)c2ccco2)cc1NC(=O)CCN. The normalized spacial score (nSPS) is 10.1. The van der Waals surface area contributed by atoms with Crippen molar-refractivity contribution in [3.63, 3.8) is 0 Å². The fourth-order valence-electron chi connectivity index (χ4n) is 1.83. The highest BCUT2D eigenvalue weighted by atomic mass is 16.5. The van der Waals surface area contributed by atoms with Gasteiger partial charge in [-0.1, -0.05) is 0 Å². The second kappa shape index (κ2) is 7.28. The summed E-state index contributed by atoms with van der Waals surface area (Å²) >= 11 is 0. The number of ether oxygens (including phenoxy) is 1. The van der Waals surface area contributed by atoms with Gasteiger partial charge in [0.05, 0.1) is 19.1 Å². The van der Waals surface area contributed by atoms with E-state index in [1.165, 1.54) is 13.4 Å². The summed E-state index contributed by atoms with van der Waals surface area (Å²) in [7, 11) is 1.50. The van der Waals surface area contributed by atoms with E-state index in [-0.39, 0.29) is 30.5 Å². The van der Waals surface area contributed by atoms with Crippen molar-refractivity contribution in [2.24, 2.45) is 5.73 Å². The van der Waals surface area contributed by atoms with Crippen molar-refractivity contribution in [1.29, 1.82) is 0 Å². The highest BCUT2D eigenvalue weighted by molar-refractivity contribution is 6.03. The smallest absolute Gasteiger partial charge is 0.291 e. The van der Waals surface area contributed by atoms with Gasteiger partial charge in [-0.25, -0.2) is 0 Å². The van der Waals surface area contributed by atoms with Gasteiger partial charge in [-0.05, 0) is 30.3 Å². The third-order valence-electron chi connectivity index (χ3n) is 2.85. The second-order valence-corrected chi connectivity index (χ2v) is 4.43. The molecule has 0 spiro atoms. The van der Waals surface area contributed by atoms with Crippen molar-refractivity contribution in [1.82, 2.24) is 0 Å². The van der Waals surface area contributed by atoms with Crippen LogP contribution in [0.25, 0.3) is 0 Å². The van der Waals surface area contributed by atoms with Gasteiger partial charge in [0, 0.05) is 18.7 Å². The number of benzene rings is 1. The molecule has 0 bridgehead atoms. The largest absolute Gasteiger partial charge is 0.495 e. The molecule has 2 amide bonds. The van der Waals surface area contributed by atoms with Gasteiger partial charge in [-0.15, -0.1) is 0 Å². The minimum atomic E-state index is -0.380. The first-order valence-corrected chi connectivity index (χ1v) is 6.67. The molecular formula is C15H17N3O4. The number of hydrogen-bond acceptors (Lipinski definition) is 5. The third kappa shape index (κ3) is 3.86. The lowest BCUT2D eigenvalue weighted by atomic mass is 10.2. The van der Waals surface area contributed by atoms with E-state index in [1.807, 2.05) is 0 Å². The van der Waals surface area contributed by atoms with E-state index in [9.17, 15) is 9.59 Å². The average molecular weight is 303 g/mol. The summed E-state index contributed by atoms with van der Waals surface area (Å²) < 4.78 is 10.2. The Hall–Kier alpha value is -2.80. The zero-order valence-corrected chi connectivity index (χ0v) is 12.1. The van der Waals surface area contributed by atoms with Crippen LogP contribution in [0.5, 0.6) is 5.75 Å². The van der Waals surface area contributed by atoms with Crippen LogP contribution in [0.4, 0.5) is 11.4 Å². The van der Waals surface area contributed by atoms with Crippen LogP contribution in [0.2, 0.25) is 0 Å². The Morgan fingerprint density at radius 1 is 1.27 bits per heavy atom. The number of rotatable bonds is 6. The number of nitrogens with one attached hydrogen (secondary N) is 2. The highest BCUT2D eigenvalue weighted by Gasteiger charge is 2.12. The zero-order valence-electron chi connectivity index (χ0n) is 12.1. The molecule has 1 aromatic carbocycles. The lowest BCUT2D eigenvalue weighted by molar-refractivity contribution is -0.116. The highest BCUT2D eigenvalue weighted by Crippen LogP contribution is 2.28. The van der Waals surface area contributed by atoms with Crippen molar-refractivity contribution in [2.45, 2.75) is 6.42 Å². The number of carbonyl (C=O) groups excluding carboxylic acids is 2. The molecule has 7 nitrogen and oxygen atoms in total. The second-order valence-electron chi connectivity index (χ2n) is 4.43. The number of nitrogens with two attached hydrogens (primary N) is 1. The summed E-state index contributed by atoms with van der Waals surface area (Å²) in [4.78, 5) is 23.6. The van der Waals surface area contributed by atoms with Crippen LogP contribution in [0.3, 0.4) is 0 Å². The van der Waals surface area contributed by atoms with Crippen molar-refractivity contribution < 1.29 is 18.7 Å². The fourth-order valence-corrected chi connectivity index (χ4v) is 1.83. The molecule has 2 rings (SSSR count). The van der Waals surface area contributed by atoms with Gasteiger partial charge < -0.3 is 25.5 Å². The van der Waals surface area contributed by atoms with Crippen molar-refractivity contribution in [2.75, 3.05) is 24.3 Å². The molecule has 0 saturated heterocycles. The maximum Gasteiger partial charge on any atom is 0.291 e. The molecule has 22 heavy (non-hydrogen) atoms. The molecule has 0 unspecified atom stereocenters. The molecule has 0 radical (unpaired) electrons. The summed E-state index contributed by atoms with van der Waals surface area (Å²) in [6.07, 6.45) is 1.62. The van der Waals surface area contributed by atoms with Crippen LogP contribution in [0, 0.1) is 0 Å². The molecule has 1 aromatic heterocycles. The molecule has 2 aromatic rings. The van der Waals surface area contributed by atoms with E-state index in [1.54, 1.807) is 30.3 Å². The number of furan rings is 1. The van der Waals surface area contributed by atoms with Gasteiger partial charge in [0.15, 0.2) is 5.76 Å². The monoisotopic (exact) mass is 303 g/mol. The Balaban J connectivity index is 2.15. The molecule has 0 aliphatic rings. The molecule has 0 atom stereocenters. The average Bonchev–Trinajstić information content (AvgIpc) is 3.02. The molecular weight excluding hydrogens is 286 g/mol. The first-order chi connectivity index (χ1) is 10.6. The summed E-state index contributed by atoms with van der Waals surface area (Å²) in [5.74, 6) is 0.0793. The van der Waals surface area contributed by atoms with E-state index < -0.39 is 0 Å².